The minimum Gasteiger partial charge on any atom is -0.507 e. The van der Waals surface area contributed by atoms with E-state index in [1.807, 2.05) is 37.3 Å². The molecule has 2 aromatic rings. The lowest BCUT2D eigenvalue weighted by molar-refractivity contribution is 0.0937. The van der Waals surface area contributed by atoms with Crippen LogP contribution in [0, 0.1) is 0 Å². The number of nitrogens with one attached hydrogen (secondary N) is 1. The van der Waals surface area contributed by atoms with E-state index in [2.05, 4.69) is 5.32 Å². The molecule has 1 amide bonds. The van der Waals surface area contributed by atoms with Crippen molar-refractivity contribution >= 4 is 17.5 Å². The molecule has 98 valence electrons. The third kappa shape index (κ3) is 3.26. The summed E-state index contributed by atoms with van der Waals surface area (Å²) in [6, 6.07) is 13.9. The first-order valence-electron chi connectivity index (χ1n) is 5.92. The van der Waals surface area contributed by atoms with E-state index in [0.29, 0.717) is 5.02 Å². The number of phenolic OH excluding ortho intramolecular Hbond substituents is 1. The lowest BCUT2D eigenvalue weighted by atomic mass is 10.1. The Hall–Kier alpha value is -2.00. The monoisotopic (exact) mass is 275 g/mol. The molecule has 2 aromatic carbocycles. The number of hydrogen-bond donors (Lipinski definition) is 2. The van der Waals surface area contributed by atoms with Gasteiger partial charge in [0.1, 0.15) is 5.75 Å². The van der Waals surface area contributed by atoms with Crippen molar-refractivity contribution in [2.45, 2.75) is 13.0 Å². The molecule has 0 saturated carbocycles. The Balaban J connectivity index is 2.15. The second-order valence-electron chi connectivity index (χ2n) is 4.27. The second kappa shape index (κ2) is 5.76. The number of hydrogen-bond acceptors (Lipinski definition) is 2. The molecule has 0 bridgehead atoms. The second-order valence-corrected chi connectivity index (χ2v) is 4.70. The summed E-state index contributed by atoms with van der Waals surface area (Å²) in [5.41, 5.74) is 1.17. The third-order valence-corrected chi connectivity index (χ3v) is 3.09. The topological polar surface area (TPSA) is 49.3 Å². The predicted molar refractivity (Wildman–Crippen MR) is 75.4 cm³/mol. The summed E-state index contributed by atoms with van der Waals surface area (Å²) in [6.07, 6.45) is 0. The van der Waals surface area contributed by atoms with E-state index in [1.165, 1.54) is 18.2 Å². The van der Waals surface area contributed by atoms with Crippen LogP contribution in [-0.2, 0) is 0 Å². The summed E-state index contributed by atoms with van der Waals surface area (Å²) in [6.45, 7) is 1.88. The summed E-state index contributed by atoms with van der Waals surface area (Å²) < 4.78 is 0. The quantitative estimate of drug-likeness (QED) is 0.900. The Labute approximate surface area is 116 Å². The van der Waals surface area contributed by atoms with E-state index in [1.54, 1.807) is 0 Å². The van der Waals surface area contributed by atoms with Gasteiger partial charge in [0.2, 0.25) is 0 Å². The molecule has 1 atom stereocenters. The fraction of sp³-hybridized carbons (Fsp3) is 0.133. The van der Waals surface area contributed by atoms with Crippen LogP contribution < -0.4 is 5.32 Å². The van der Waals surface area contributed by atoms with Crippen LogP contribution >= 0.6 is 11.6 Å². The number of carbonyl (C=O) groups is 1. The van der Waals surface area contributed by atoms with E-state index >= 15 is 0 Å². The first-order valence-corrected chi connectivity index (χ1v) is 6.30. The van der Waals surface area contributed by atoms with Gasteiger partial charge >= 0.3 is 0 Å². The first-order chi connectivity index (χ1) is 9.08. The molecule has 0 radical (unpaired) electrons. The Morgan fingerprint density at radius 2 is 1.89 bits per heavy atom. The maximum absolute atomic E-state index is 12.1. The smallest absolute Gasteiger partial charge is 0.255 e. The molecule has 19 heavy (non-hydrogen) atoms. The zero-order valence-electron chi connectivity index (χ0n) is 10.4. The zero-order valence-corrected chi connectivity index (χ0v) is 11.2. The lowest BCUT2D eigenvalue weighted by Crippen LogP contribution is -2.26. The van der Waals surface area contributed by atoms with Gasteiger partial charge < -0.3 is 10.4 Å². The highest BCUT2D eigenvalue weighted by Crippen LogP contribution is 2.22. The summed E-state index contributed by atoms with van der Waals surface area (Å²) >= 11 is 5.82. The number of phenols is 1. The first kappa shape index (κ1) is 13.4. The SMILES string of the molecule is CC(NC(=O)c1cc(Cl)ccc1O)c1ccccc1. The molecule has 0 heterocycles. The average Bonchev–Trinajstić information content (AvgIpc) is 2.42. The van der Waals surface area contributed by atoms with Gasteiger partial charge in [-0.25, -0.2) is 0 Å². The van der Waals surface area contributed by atoms with Crippen LogP contribution in [0.3, 0.4) is 0 Å². The van der Waals surface area contributed by atoms with Crippen molar-refractivity contribution in [3.63, 3.8) is 0 Å². The van der Waals surface area contributed by atoms with Crippen LogP contribution in [-0.4, -0.2) is 11.0 Å². The molecule has 4 heteroatoms. The number of halogens is 1. The highest BCUT2D eigenvalue weighted by molar-refractivity contribution is 6.31. The normalized spacial score (nSPS) is 11.9. The minimum atomic E-state index is -0.351. The highest BCUT2D eigenvalue weighted by Gasteiger charge is 2.14. The van der Waals surface area contributed by atoms with Crippen molar-refractivity contribution in [3.05, 3.63) is 64.7 Å². The molecule has 0 aliphatic rings. The molecule has 2 N–H and O–H groups in total. The van der Waals surface area contributed by atoms with Crippen LogP contribution in [0.15, 0.2) is 48.5 Å². The molecule has 0 saturated heterocycles. The van der Waals surface area contributed by atoms with Gasteiger partial charge in [0.05, 0.1) is 11.6 Å². The van der Waals surface area contributed by atoms with Gasteiger partial charge in [0.25, 0.3) is 5.91 Å². The summed E-state index contributed by atoms with van der Waals surface area (Å²) in [4.78, 5) is 12.1. The molecule has 0 fully saturated rings. The number of carbonyl (C=O) groups excluding carboxylic acids is 1. The maximum Gasteiger partial charge on any atom is 0.255 e. The number of amides is 1. The maximum atomic E-state index is 12.1. The van der Waals surface area contributed by atoms with Crippen molar-refractivity contribution in [2.24, 2.45) is 0 Å². The summed E-state index contributed by atoms with van der Waals surface area (Å²) in [7, 11) is 0. The predicted octanol–water partition coefficient (Wildman–Crippen LogP) is 3.54. The van der Waals surface area contributed by atoms with Gasteiger partial charge in [-0.05, 0) is 30.7 Å². The van der Waals surface area contributed by atoms with E-state index in [-0.39, 0.29) is 23.3 Å². The molecule has 0 aromatic heterocycles. The highest BCUT2D eigenvalue weighted by atomic mass is 35.5. The molecular formula is C15H14ClNO2. The van der Waals surface area contributed by atoms with Gasteiger partial charge in [-0.1, -0.05) is 41.9 Å². The van der Waals surface area contributed by atoms with Gasteiger partial charge in [-0.3, -0.25) is 4.79 Å². The summed E-state index contributed by atoms with van der Waals surface area (Å²) in [5, 5.41) is 12.9. The van der Waals surface area contributed by atoms with E-state index in [9.17, 15) is 9.90 Å². The van der Waals surface area contributed by atoms with Gasteiger partial charge in [-0.2, -0.15) is 0 Å². The Bertz CT molecular complexity index is 584. The van der Waals surface area contributed by atoms with E-state index in [4.69, 9.17) is 11.6 Å². The van der Waals surface area contributed by atoms with E-state index < -0.39 is 0 Å². The summed E-state index contributed by atoms with van der Waals surface area (Å²) in [5.74, 6) is -0.432. The fourth-order valence-corrected chi connectivity index (χ4v) is 1.96. The molecule has 3 nitrogen and oxygen atoms in total. The Kier molecular flexibility index (Phi) is 4.07. The average molecular weight is 276 g/mol. The van der Waals surface area contributed by atoms with Crippen LogP contribution in [0.4, 0.5) is 0 Å². The molecule has 1 unspecified atom stereocenters. The van der Waals surface area contributed by atoms with Crippen molar-refractivity contribution in [1.82, 2.24) is 5.32 Å². The molecular weight excluding hydrogens is 262 g/mol. The minimum absolute atomic E-state index is 0.0813. The van der Waals surface area contributed by atoms with Gasteiger partial charge in [0.15, 0.2) is 0 Å². The standard InChI is InChI=1S/C15H14ClNO2/c1-10(11-5-3-2-4-6-11)17-15(19)13-9-12(16)7-8-14(13)18/h2-10,18H,1H3,(H,17,19). The van der Waals surface area contributed by atoms with Crippen molar-refractivity contribution in [1.29, 1.82) is 0 Å². The Morgan fingerprint density at radius 3 is 2.58 bits per heavy atom. The zero-order chi connectivity index (χ0) is 13.8. The third-order valence-electron chi connectivity index (χ3n) is 2.85. The number of rotatable bonds is 3. The molecule has 0 aliphatic carbocycles. The van der Waals surface area contributed by atoms with Crippen molar-refractivity contribution in [2.75, 3.05) is 0 Å². The fourth-order valence-electron chi connectivity index (χ4n) is 1.79. The van der Waals surface area contributed by atoms with Crippen LogP contribution in [0.5, 0.6) is 5.75 Å². The Morgan fingerprint density at radius 1 is 1.21 bits per heavy atom. The lowest BCUT2D eigenvalue weighted by Gasteiger charge is -2.15. The van der Waals surface area contributed by atoms with Gasteiger partial charge in [0, 0.05) is 5.02 Å². The molecule has 0 aliphatic heterocycles. The van der Waals surface area contributed by atoms with Crippen molar-refractivity contribution in [3.8, 4) is 5.75 Å². The van der Waals surface area contributed by atoms with Crippen molar-refractivity contribution < 1.29 is 9.90 Å². The van der Waals surface area contributed by atoms with Crippen LogP contribution in [0.1, 0.15) is 28.9 Å². The molecule has 2 rings (SSSR count). The number of aromatic hydroxyl groups is 1. The van der Waals surface area contributed by atoms with Gasteiger partial charge in [-0.15, -0.1) is 0 Å². The molecule has 0 spiro atoms. The number of benzene rings is 2. The largest absolute Gasteiger partial charge is 0.507 e. The van der Waals surface area contributed by atoms with E-state index in [0.717, 1.165) is 5.56 Å². The van der Waals surface area contributed by atoms with Crippen LogP contribution in [0.25, 0.3) is 0 Å². The van der Waals surface area contributed by atoms with Crippen LogP contribution in [0.2, 0.25) is 5.02 Å².